The van der Waals surface area contributed by atoms with Gasteiger partial charge in [-0.2, -0.15) is 0 Å². The van der Waals surface area contributed by atoms with Gasteiger partial charge in [-0.05, 0) is 78.2 Å². The summed E-state index contributed by atoms with van der Waals surface area (Å²) in [4.78, 5) is 0.229. The summed E-state index contributed by atoms with van der Waals surface area (Å²) in [5.74, 6) is 1.43. The van der Waals surface area contributed by atoms with Gasteiger partial charge in [0, 0.05) is 5.69 Å². The van der Waals surface area contributed by atoms with Gasteiger partial charge in [0.25, 0.3) is 10.0 Å². The van der Waals surface area contributed by atoms with E-state index in [1.807, 2.05) is 62.4 Å². The first-order chi connectivity index (χ1) is 13.9. The maximum absolute atomic E-state index is 12.8. The van der Waals surface area contributed by atoms with Crippen molar-refractivity contribution in [2.24, 2.45) is 0 Å². The van der Waals surface area contributed by atoms with Crippen molar-refractivity contribution in [3.8, 4) is 11.5 Å². The van der Waals surface area contributed by atoms with Crippen LogP contribution in [-0.2, 0) is 10.0 Å². The molecular formula is C24H21NO3S. The van der Waals surface area contributed by atoms with E-state index in [2.05, 4.69) is 4.72 Å². The van der Waals surface area contributed by atoms with Crippen LogP contribution in [-0.4, -0.2) is 8.42 Å². The predicted octanol–water partition coefficient (Wildman–Crippen LogP) is 6.05. The zero-order valence-corrected chi connectivity index (χ0v) is 17.0. The Morgan fingerprint density at radius 2 is 1.48 bits per heavy atom. The Labute approximate surface area is 170 Å². The van der Waals surface area contributed by atoms with Gasteiger partial charge in [-0.25, -0.2) is 8.42 Å². The molecule has 0 saturated carbocycles. The molecule has 5 heteroatoms. The van der Waals surface area contributed by atoms with Crippen LogP contribution < -0.4 is 9.46 Å². The van der Waals surface area contributed by atoms with Gasteiger partial charge in [-0.1, -0.05) is 42.5 Å². The van der Waals surface area contributed by atoms with E-state index in [-0.39, 0.29) is 4.90 Å². The number of hydrogen-bond acceptors (Lipinski definition) is 3. The lowest BCUT2D eigenvalue weighted by atomic mass is 10.1. The van der Waals surface area contributed by atoms with Crippen LogP contribution in [0.3, 0.4) is 0 Å². The van der Waals surface area contributed by atoms with Crippen molar-refractivity contribution in [1.29, 1.82) is 0 Å². The molecule has 4 aromatic carbocycles. The van der Waals surface area contributed by atoms with Gasteiger partial charge in [-0.15, -0.1) is 0 Å². The minimum Gasteiger partial charge on any atom is -0.457 e. The summed E-state index contributed by atoms with van der Waals surface area (Å²) in [5, 5.41) is 1.88. The number of nitrogens with one attached hydrogen (secondary N) is 1. The molecule has 1 N–H and O–H groups in total. The van der Waals surface area contributed by atoms with E-state index >= 15 is 0 Å². The smallest absolute Gasteiger partial charge is 0.261 e. The van der Waals surface area contributed by atoms with E-state index in [0.29, 0.717) is 11.4 Å². The van der Waals surface area contributed by atoms with E-state index in [9.17, 15) is 8.42 Å². The van der Waals surface area contributed by atoms with Gasteiger partial charge < -0.3 is 4.74 Å². The predicted molar refractivity (Wildman–Crippen MR) is 117 cm³/mol. The Morgan fingerprint density at radius 3 is 2.24 bits per heavy atom. The molecule has 0 amide bonds. The molecule has 0 unspecified atom stereocenters. The molecule has 0 aliphatic heterocycles. The first kappa shape index (κ1) is 19.0. The maximum atomic E-state index is 12.8. The monoisotopic (exact) mass is 403 g/mol. The van der Waals surface area contributed by atoms with Gasteiger partial charge in [-0.3, -0.25) is 4.72 Å². The van der Waals surface area contributed by atoms with Crippen LogP contribution in [0.4, 0.5) is 5.69 Å². The van der Waals surface area contributed by atoms with Crippen molar-refractivity contribution in [2.75, 3.05) is 4.72 Å². The number of anilines is 1. The summed E-state index contributed by atoms with van der Waals surface area (Å²) in [6, 6.07) is 25.7. The van der Waals surface area contributed by atoms with Crippen LogP contribution in [0, 0.1) is 13.8 Å². The van der Waals surface area contributed by atoms with Gasteiger partial charge in [0.2, 0.25) is 0 Å². The highest BCUT2D eigenvalue weighted by Crippen LogP contribution is 2.28. The Morgan fingerprint density at radius 1 is 0.759 bits per heavy atom. The summed E-state index contributed by atoms with van der Waals surface area (Å²) >= 11 is 0. The van der Waals surface area contributed by atoms with Crippen LogP contribution >= 0.6 is 0 Å². The van der Waals surface area contributed by atoms with E-state index in [1.165, 1.54) is 0 Å². The Kier molecular flexibility index (Phi) is 4.99. The number of sulfonamides is 1. The molecule has 4 nitrogen and oxygen atoms in total. The fraction of sp³-hybridized carbons (Fsp3) is 0.0833. The normalized spacial score (nSPS) is 11.4. The number of ether oxygens (including phenoxy) is 1. The Bertz CT molecular complexity index is 1280. The van der Waals surface area contributed by atoms with E-state index in [1.54, 1.807) is 36.4 Å². The van der Waals surface area contributed by atoms with Gasteiger partial charge >= 0.3 is 0 Å². The minimum absolute atomic E-state index is 0.229. The van der Waals surface area contributed by atoms with Crippen molar-refractivity contribution in [3.63, 3.8) is 0 Å². The summed E-state index contributed by atoms with van der Waals surface area (Å²) in [5.41, 5.74) is 2.63. The van der Waals surface area contributed by atoms with Crippen LogP contribution in [0.25, 0.3) is 10.8 Å². The second-order valence-electron chi connectivity index (χ2n) is 7.01. The van der Waals surface area contributed by atoms with Gasteiger partial charge in [0.15, 0.2) is 0 Å². The quantitative estimate of drug-likeness (QED) is 0.441. The molecule has 4 aromatic rings. The second-order valence-corrected chi connectivity index (χ2v) is 8.69. The molecule has 0 spiro atoms. The minimum atomic E-state index is -3.68. The summed E-state index contributed by atoms with van der Waals surface area (Å²) in [6.45, 7) is 4.00. The third kappa shape index (κ3) is 4.25. The van der Waals surface area contributed by atoms with Crippen molar-refractivity contribution < 1.29 is 13.2 Å². The lowest BCUT2D eigenvalue weighted by molar-refractivity contribution is 0.478. The summed E-state index contributed by atoms with van der Waals surface area (Å²) < 4.78 is 34.1. The number of fused-ring (bicyclic) bond motifs is 1. The molecule has 0 heterocycles. The lowest BCUT2D eigenvalue weighted by Gasteiger charge is -2.12. The van der Waals surface area contributed by atoms with Crippen LogP contribution in [0.1, 0.15) is 11.1 Å². The van der Waals surface area contributed by atoms with Crippen molar-refractivity contribution in [1.82, 2.24) is 0 Å². The van der Waals surface area contributed by atoms with Crippen molar-refractivity contribution in [2.45, 2.75) is 18.7 Å². The fourth-order valence-corrected chi connectivity index (χ4v) is 4.18. The molecule has 0 bridgehead atoms. The molecular weight excluding hydrogens is 382 g/mol. The number of aryl methyl sites for hydroxylation is 2. The summed E-state index contributed by atoms with van der Waals surface area (Å²) in [7, 11) is -3.68. The maximum Gasteiger partial charge on any atom is 0.261 e. The standard InChI is InChI=1S/C24H21NO3S/c1-17-7-8-18(2)24(15-17)28-22-12-10-21(11-13-22)25-29(26,27)23-14-9-19-5-3-4-6-20(19)16-23/h3-16,25H,1-2H3. The van der Waals surface area contributed by atoms with E-state index in [0.717, 1.165) is 27.6 Å². The molecule has 0 aromatic heterocycles. The highest BCUT2D eigenvalue weighted by Gasteiger charge is 2.15. The molecule has 0 atom stereocenters. The molecule has 0 aliphatic rings. The molecule has 29 heavy (non-hydrogen) atoms. The Hall–Kier alpha value is -3.31. The number of benzene rings is 4. The first-order valence-corrected chi connectivity index (χ1v) is 10.8. The average Bonchev–Trinajstić information content (AvgIpc) is 2.71. The van der Waals surface area contributed by atoms with Gasteiger partial charge in [0.05, 0.1) is 4.90 Å². The number of rotatable bonds is 5. The molecule has 0 aliphatic carbocycles. The fourth-order valence-electron chi connectivity index (χ4n) is 3.08. The highest BCUT2D eigenvalue weighted by molar-refractivity contribution is 7.92. The molecule has 4 rings (SSSR count). The molecule has 0 fully saturated rings. The number of hydrogen-bond donors (Lipinski definition) is 1. The molecule has 0 saturated heterocycles. The molecule has 146 valence electrons. The highest BCUT2D eigenvalue weighted by atomic mass is 32.2. The third-order valence-electron chi connectivity index (χ3n) is 4.71. The third-order valence-corrected chi connectivity index (χ3v) is 6.09. The zero-order chi connectivity index (χ0) is 20.4. The van der Waals surface area contributed by atoms with Crippen LogP contribution in [0.15, 0.2) is 89.8 Å². The first-order valence-electron chi connectivity index (χ1n) is 9.27. The SMILES string of the molecule is Cc1ccc(C)c(Oc2ccc(NS(=O)(=O)c3ccc4ccccc4c3)cc2)c1. The zero-order valence-electron chi connectivity index (χ0n) is 16.2. The van der Waals surface area contributed by atoms with E-state index < -0.39 is 10.0 Å². The van der Waals surface area contributed by atoms with Crippen LogP contribution in [0.5, 0.6) is 11.5 Å². The average molecular weight is 404 g/mol. The van der Waals surface area contributed by atoms with E-state index in [4.69, 9.17) is 4.74 Å². The second kappa shape index (κ2) is 7.60. The van der Waals surface area contributed by atoms with Crippen LogP contribution in [0.2, 0.25) is 0 Å². The summed E-state index contributed by atoms with van der Waals surface area (Å²) in [6.07, 6.45) is 0. The largest absolute Gasteiger partial charge is 0.457 e. The van der Waals surface area contributed by atoms with Crippen molar-refractivity contribution in [3.05, 3.63) is 96.1 Å². The topological polar surface area (TPSA) is 55.4 Å². The lowest BCUT2D eigenvalue weighted by Crippen LogP contribution is -2.12. The van der Waals surface area contributed by atoms with Gasteiger partial charge in [0.1, 0.15) is 11.5 Å². The molecule has 0 radical (unpaired) electrons. The van der Waals surface area contributed by atoms with Crippen molar-refractivity contribution >= 4 is 26.5 Å². The Balaban J connectivity index is 1.53.